The molecule has 7 heteroatoms. The van der Waals surface area contributed by atoms with Crippen LogP contribution in [0.3, 0.4) is 0 Å². The van der Waals surface area contributed by atoms with E-state index in [1.165, 1.54) is 18.4 Å². The van der Waals surface area contributed by atoms with Gasteiger partial charge in [0.2, 0.25) is 0 Å². The fourth-order valence-electron chi connectivity index (χ4n) is 4.92. The number of anilines is 1. The Labute approximate surface area is 162 Å². The minimum atomic E-state index is -1.20. The molecule has 2 bridgehead atoms. The molecule has 0 spiro atoms. The summed E-state index contributed by atoms with van der Waals surface area (Å²) in [7, 11) is 1.35. The third kappa shape index (κ3) is 2.21. The molecule has 1 aromatic rings. The van der Waals surface area contributed by atoms with Crippen LogP contribution in [0.25, 0.3) is 0 Å². The molecular formula is C20H25NO5S. The maximum absolute atomic E-state index is 13.3. The summed E-state index contributed by atoms with van der Waals surface area (Å²) in [5.74, 6) is -1.08. The second kappa shape index (κ2) is 5.80. The summed E-state index contributed by atoms with van der Waals surface area (Å²) in [6.07, 6.45) is 4.94. The highest BCUT2D eigenvalue weighted by Gasteiger charge is 2.75. The van der Waals surface area contributed by atoms with Gasteiger partial charge in [0.15, 0.2) is 5.60 Å². The minimum absolute atomic E-state index is 0.312. The highest BCUT2D eigenvalue weighted by Crippen LogP contribution is 2.65. The van der Waals surface area contributed by atoms with Crippen LogP contribution in [0.4, 0.5) is 5.00 Å². The quantitative estimate of drug-likeness (QED) is 0.798. The van der Waals surface area contributed by atoms with Crippen molar-refractivity contribution in [3.8, 4) is 0 Å². The normalized spacial score (nSPS) is 30.6. The smallest absolute Gasteiger partial charge is 0.341 e. The van der Waals surface area contributed by atoms with E-state index in [-0.39, 0.29) is 11.9 Å². The Kier molecular flexibility index (Phi) is 3.97. The number of ether oxygens (including phenoxy) is 2. The number of fused-ring (bicyclic) bond motifs is 3. The topological polar surface area (TPSA) is 81.7 Å². The van der Waals surface area contributed by atoms with Crippen molar-refractivity contribution in [2.24, 2.45) is 10.8 Å². The number of nitrogens with one attached hydrogen (secondary N) is 1. The van der Waals surface area contributed by atoms with Crippen LogP contribution in [-0.2, 0) is 31.9 Å². The molecule has 2 fully saturated rings. The third-order valence-corrected chi connectivity index (χ3v) is 8.45. The number of esters is 2. The summed E-state index contributed by atoms with van der Waals surface area (Å²) in [6.45, 7) is 5.72. The fourth-order valence-corrected chi connectivity index (χ4v) is 6.20. The molecule has 1 aliphatic heterocycles. The third-order valence-electron chi connectivity index (χ3n) is 7.24. The van der Waals surface area contributed by atoms with E-state index in [1.54, 1.807) is 0 Å². The predicted molar refractivity (Wildman–Crippen MR) is 101 cm³/mol. The molecule has 4 rings (SSSR count). The average molecular weight is 391 g/mol. The van der Waals surface area contributed by atoms with Gasteiger partial charge in [-0.05, 0) is 51.0 Å². The molecular weight excluding hydrogens is 366 g/mol. The van der Waals surface area contributed by atoms with Gasteiger partial charge in [0, 0.05) is 10.3 Å². The highest BCUT2D eigenvalue weighted by atomic mass is 32.1. The van der Waals surface area contributed by atoms with Gasteiger partial charge >= 0.3 is 11.9 Å². The molecule has 2 unspecified atom stereocenters. The largest absolute Gasteiger partial charge is 0.465 e. The van der Waals surface area contributed by atoms with Gasteiger partial charge in [-0.25, -0.2) is 4.79 Å². The van der Waals surface area contributed by atoms with Crippen molar-refractivity contribution in [1.82, 2.24) is 0 Å². The second-order valence-electron chi connectivity index (χ2n) is 8.53. The molecule has 2 aliphatic carbocycles. The van der Waals surface area contributed by atoms with Gasteiger partial charge in [0.1, 0.15) is 5.00 Å². The lowest BCUT2D eigenvalue weighted by Gasteiger charge is -2.35. The Hall–Kier alpha value is -1.89. The van der Waals surface area contributed by atoms with Gasteiger partial charge in [0.25, 0.3) is 5.91 Å². The second-order valence-corrected chi connectivity index (χ2v) is 9.64. The monoisotopic (exact) mass is 391 g/mol. The van der Waals surface area contributed by atoms with Crippen LogP contribution in [0, 0.1) is 10.8 Å². The number of thiophene rings is 1. The van der Waals surface area contributed by atoms with Crippen molar-refractivity contribution in [1.29, 1.82) is 0 Å². The first-order valence-corrected chi connectivity index (χ1v) is 10.3. The minimum Gasteiger partial charge on any atom is -0.465 e. The number of hydrogen-bond acceptors (Lipinski definition) is 6. The van der Waals surface area contributed by atoms with Crippen LogP contribution in [-0.4, -0.2) is 30.6 Å². The summed E-state index contributed by atoms with van der Waals surface area (Å²) < 4.78 is 10.6. The molecule has 146 valence electrons. The molecule has 0 aromatic carbocycles. The number of amides is 1. The maximum atomic E-state index is 13.3. The molecule has 3 aliphatic rings. The number of rotatable bonds is 3. The molecule has 0 radical (unpaired) electrons. The molecule has 1 N–H and O–H groups in total. The Morgan fingerprint density at radius 2 is 1.85 bits per heavy atom. The first-order valence-electron chi connectivity index (χ1n) is 9.46. The Morgan fingerprint density at radius 1 is 1.15 bits per heavy atom. The van der Waals surface area contributed by atoms with E-state index in [0.29, 0.717) is 23.4 Å². The van der Waals surface area contributed by atoms with Gasteiger partial charge in [-0.3, -0.25) is 9.59 Å². The van der Waals surface area contributed by atoms with Crippen LogP contribution in [0.2, 0.25) is 0 Å². The summed E-state index contributed by atoms with van der Waals surface area (Å²) >= 11 is 1.44. The average Bonchev–Trinajstić information content (AvgIpc) is 3.14. The molecule has 2 atom stereocenters. The molecule has 1 aromatic heterocycles. The lowest BCUT2D eigenvalue weighted by Crippen LogP contribution is -2.50. The van der Waals surface area contributed by atoms with Gasteiger partial charge in [0.05, 0.1) is 18.1 Å². The van der Waals surface area contributed by atoms with E-state index >= 15 is 0 Å². The zero-order chi connectivity index (χ0) is 19.6. The molecule has 27 heavy (non-hydrogen) atoms. The summed E-state index contributed by atoms with van der Waals surface area (Å²) in [5, 5.41) is 3.45. The Balaban J connectivity index is 1.71. The molecule has 1 saturated carbocycles. The number of carbonyl (C=O) groups excluding carboxylic acids is 3. The first-order chi connectivity index (χ1) is 12.7. The van der Waals surface area contributed by atoms with E-state index in [0.717, 1.165) is 36.1 Å². The zero-order valence-electron chi connectivity index (χ0n) is 16.2. The van der Waals surface area contributed by atoms with E-state index < -0.39 is 22.4 Å². The predicted octanol–water partition coefficient (Wildman–Crippen LogP) is 3.47. The number of methoxy groups -OCH3 is 1. The van der Waals surface area contributed by atoms with Gasteiger partial charge in [-0.1, -0.05) is 13.8 Å². The summed E-state index contributed by atoms with van der Waals surface area (Å²) in [4.78, 5) is 39.3. The molecule has 1 amide bonds. The standard InChI is InChI=1S/C20H25NO5S/c1-18(2)19(3)9-10-20(18,26-17(19)24)16(23)21-14-13(15(22)25-4)11-7-5-6-8-12(11)27-14/h5-10H2,1-4H3,(H,21,23). The molecule has 6 nitrogen and oxygen atoms in total. The van der Waals surface area contributed by atoms with Crippen LogP contribution in [0.15, 0.2) is 0 Å². The zero-order valence-corrected chi connectivity index (χ0v) is 17.0. The first kappa shape index (κ1) is 18.5. The van der Waals surface area contributed by atoms with Crippen molar-refractivity contribution in [3.63, 3.8) is 0 Å². The van der Waals surface area contributed by atoms with Crippen molar-refractivity contribution < 1.29 is 23.9 Å². The van der Waals surface area contributed by atoms with Crippen LogP contribution in [0.5, 0.6) is 0 Å². The highest BCUT2D eigenvalue weighted by molar-refractivity contribution is 7.17. The number of carbonyl (C=O) groups is 3. The maximum Gasteiger partial charge on any atom is 0.341 e. The van der Waals surface area contributed by atoms with E-state index in [1.807, 2.05) is 20.8 Å². The van der Waals surface area contributed by atoms with E-state index in [2.05, 4.69) is 5.32 Å². The lowest BCUT2D eigenvalue weighted by molar-refractivity contribution is -0.165. The number of aryl methyl sites for hydroxylation is 1. The van der Waals surface area contributed by atoms with Crippen molar-refractivity contribution in [2.75, 3.05) is 12.4 Å². The van der Waals surface area contributed by atoms with Gasteiger partial charge < -0.3 is 14.8 Å². The summed E-state index contributed by atoms with van der Waals surface area (Å²) in [6, 6.07) is 0. The molecule has 2 heterocycles. The summed E-state index contributed by atoms with van der Waals surface area (Å²) in [5.41, 5.74) is -1.03. The van der Waals surface area contributed by atoms with Gasteiger partial charge in [-0.15, -0.1) is 11.3 Å². The number of hydrogen-bond donors (Lipinski definition) is 1. The lowest BCUT2D eigenvalue weighted by atomic mass is 9.66. The van der Waals surface area contributed by atoms with Crippen LogP contribution in [0.1, 0.15) is 67.3 Å². The van der Waals surface area contributed by atoms with Crippen LogP contribution < -0.4 is 5.32 Å². The van der Waals surface area contributed by atoms with Crippen LogP contribution >= 0.6 is 11.3 Å². The van der Waals surface area contributed by atoms with Crippen molar-refractivity contribution in [3.05, 3.63) is 16.0 Å². The molecule has 1 saturated heterocycles. The van der Waals surface area contributed by atoms with Crippen molar-refractivity contribution >= 4 is 34.2 Å². The van der Waals surface area contributed by atoms with Crippen molar-refractivity contribution in [2.45, 2.75) is 64.9 Å². The SMILES string of the molecule is COC(=O)c1c(NC(=O)C23CCC(C)(C(=O)O2)C3(C)C)sc2c1CCCC2. The Morgan fingerprint density at radius 3 is 2.44 bits per heavy atom. The Bertz CT molecular complexity index is 857. The fraction of sp³-hybridized carbons (Fsp3) is 0.650. The van der Waals surface area contributed by atoms with Gasteiger partial charge in [-0.2, -0.15) is 0 Å². The van der Waals surface area contributed by atoms with E-state index in [9.17, 15) is 14.4 Å². The van der Waals surface area contributed by atoms with E-state index in [4.69, 9.17) is 9.47 Å².